The van der Waals surface area contributed by atoms with Gasteiger partial charge >= 0.3 is 0 Å². The van der Waals surface area contributed by atoms with Crippen molar-refractivity contribution in [1.29, 1.82) is 0 Å². The van der Waals surface area contributed by atoms with Gasteiger partial charge in [-0.1, -0.05) is 41.9 Å². The van der Waals surface area contributed by atoms with E-state index >= 15 is 0 Å². The minimum absolute atomic E-state index is 0.323. The van der Waals surface area contributed by atoms with E-state index < -0.39 is 0 Å². The highest BCUT2D eigenvalue weighted by atomic mass is 35.5. The smallest absolute Gasteiger partial charge is 0.124 e. The van der Waals surface area contributed by atoms with Crippen LogP contribution >= 0.6 is 11.6 Å². The first-order valence-corrected chi connectivity index (χ1v) is 8.57. The van der Waals surface area contributed by atoms with Crippen LogP contribution in [0, 0.1) is 0 Å². The van der Waals surface area contributed by atoms with Gasteiger partial charge in [-0.25, -0.2) is 0 Å². The van der Waals surface area contributed by atoms with Crippen LogP contribution in [0.5, 0.6) is 5.75 Å². The van der Waals surface area contributed by atoms with E-state index in [1.165, 1.54) is 0 Å². The second-order valence-corrected chi connectivity index (χ2v) is 6.19. The van der Waals surface area contributed by atoms with Crippen molar-refractivity contribution in [2.75, 3.05) is 19.6 Å². The first kappa shape index (κ1) is 18.7. The molecular weight excluding hydrogens is 324 g/mol. The van der Waals surface area contributed by atoms with Gasteiger partial charge in [0.15, 0.2) is 0 Å². The molecule has 0 heterocycles. The van der Waals surface area contributed by atoms with E-state index in [1.54, 1.807) is 6.92 Å². The highest BCUT2D eigenvalue weighted by molar-refractivity contribution is 6.30. The van der Waals surface area contributed by atoms with Crippen LogP contribution in [0.25, 0.3) is 0 Å². The zero-order chi connectivity index (χ0) is 17.2. The number of hydrogen-bond acceptors (Lipinski definition) is 4. The zero-order valence-electron chi connectivity index (χ0n) is 14.0. The molecule has 0 unspecified atom stereocenters. The Morgan fingerprint density at radius 1 is 1.08 bits per heavy atom. The summed E-state index contributed by atoms with van der Waals surface area (Å²) >= 11 is 6.11. The first-order valence-electron chi connectivity index (χ1n) is 8.20. The number of halogens is 1. The van der Waals surface area contributed by atoms with Crippen LogP contribution in [-0.2, 0) is 13.2 Å². The second kappa shape index (κ2) is 10.3. The van der Waals surface area contributed by atoms with E-state index in [9.17, 15) is 5.11 Å². The molecule has 3 N–H and O–H groups in total. The Hall–Kier alpha value is -1.59. The highest BCUT2D eigenvalue weighted by Gasteiger charge is 2.05. The number of aliphatic hydroxyl groups is 1. The predicted molar refractivity (Wildman–Crippen MR) is 98.5 cm³/mol. The van der Waals surface area contributed by atoms with Gasteiger partial charge in [0.2, 0.25) is 0 Å². The Bertz CT molecular complexity index is 606. The standard InChI is InChI=1S/C19H25ClN2O2/c1-15(23)12-21-9-10-22-13-17-11-18(20)7-8-19(17)24-14-16-5-3-2-4-6-16/h2-8,11,15,21-23H,9-10,12-14H2,1H3/t15-/m1/s1. The fourth-order valence-corrected chi connectivity index (χ4v) is 2.47. The summed E-state index contributed by atoms with van der Waals surface area (Å²) in [5.41, 5.74) is 2.17. The summed E-state index contributed by atoms with van der Waals surface area (Å²) in [5, 5.41) is 16.4. The van der Waals surface area contributed by atoms with Gasteiger partial charge in [0.25, 0.3) is 0 Å². The lowest BCUT2D eigenvalue weighted by Crippen LogP contribution is -2.31. The quantitative estimate of drug-likeness (QED) is 0.578. The molecule has 0 saturated heterocycles. The van der Waals surface area contributed by atoms with Crippen molar-refractivity contribution in [3.63, 3.8) is 0 Å². The van der Waals surface area contributed by atoms with Gasteiger partial charge in [-0.15, -0.1) is 0 Å². The van der Waals surface area contributed by atoms with Gasteiger partial charge in [-0.3, -0.25) is 0 Å². The van der Waals surface area contributed by atoms with Crippen LogP contribution in [-0.4, -0.2) is 30.8 Å². The fraction of sp³-hybridized carbons (Fsp3) is 0.368. The summed E-state index contributed by atoms with van der Waals surface area (Å²) < 4.78 is 5.94. The lowest BCUT2D eigenvalue weighted by atomic mass is 10.2. The van der Waals surface area contributed by atoms with E-state index in [2.05, 4.69) is 10.6 Å². The SMILES string of the molecule is C[C@@H](O)CNCCNCc1cc(Cl)ccc1OCc1ccccc1. The van der Waals surface area contributed by atoms with E-state index in [0.717, 1.165) is 30.0 Å². The van der Waals surface area contributed by atoms with Gasteiger partial charge in [-0.2, -0.15) is 0 Å². The van der Waals surface area contributed by atoms with Crippen molar-refractivity contribution in [3.05, 3.63) is 64.7 Å². The number of hydrogen-bond donors (Lipinski definition) is 3. The molecule has 0 fully saturated rings. The van der Waals surface area contributed by atoms with Crippen LogP contribution in [0.15, 0.2) is 48.5 Å². The third-order valence-electron chi connectivity index (χ3n) is 3.49. The minimum atomic E-state index is -0.323. The van der Waals surface area contributed by atoms with Crippen molar-refractivity contribution in [2.24, 2.45) is 0 Å². The Labute approximate surface area is 148 Å². The monoisotopic (exact) mass is 348 g/mol. The van der Waals surface area contributed by atoms with Crippen LogP contribution in [0.1, 0.15) is 18.1 Å². The summed E-state index contributed by atoms with van der Waals surface area (Å²) in [6, 6.07) is 15.8. The molecule has 0 aliphatic carbocycles. The van der Waals surface area contributed by atoms with E-state index in [4.69, 9.17) is 16.3 Å². The molecule has 1 atom stereocenters. The zero-order valence-corrected chi connectivity index (χ0v) is 14.7. The predicted octanol–water partition coefficient (Wildman–Crippen LogP) is 2.98. The Kier molecular flexibility index (Phi) is 8.05. The maximum absolute atomic E-state index is 9.19. The van der Waals surface area contributed by atoms with Crippen LogP contribution < -0.4 is 15.4 Å². The summed E-state index contributed by atoms with van der Waals surface area (Å²) in [6.45, 7) is 5.18. The fourth-order valence-electron chi connectivity index (χ4n) is 2.27. The molecule has 5 heteroatoms. The van der Waals surface area contributed by atoms with Crippen molar-refractivity contribution < 1.29 is 9.84 Å². The van der Waals surface area contributed by atoms with Crippen molar-refractivity contribution in [1.82, 2.24) is 10.6 Å². The van der Waals surface area contributed by atoms with Gasteiger partial charge in [-0.05, 0) is 30.7 Å². The Morgan fingerprint density at radius 3 is 2.58 bits per heavy atom. The molecule has 0 aliphatic heterocycles. The van der Waals surface area contributed by atoms with Crippen LogP contribution in [0.4, 0.5) is 0 Å². The number of ether oxygens (including phenoxy) is 1. The van der Waals surface area contributed by atoms with Crippen molar-refractivity contribution in [3.8, 4) is 5.75 Å². The van der Waals surface area contributed by atoms with Crippen molar-refractivity contribution >= 4 is 11.6 Å². The first-order chi connectivity index (χ1) is 11.6. The number of aliphatic hydroxyl groups excluding tert-OH is 1. The number of benzene rings is 2. The minimum Gasteiger partial charge on any atom is -0.489 e. The van der Waals surface area contributed by atoms with Gasteiger partial charge in [0, 0.05) is 36.8 Å². The number of nitrogens with one attached hydrogen (secondary N) is 2. The third-order valence-corrected chi connectivity index (χ3v) is 3.73. The molecule has 2 aromatic carbocycles. The molecule has 0 bridgehead atoms. The number of rotatable bonds is 10. The Balaban J connectivity index is 1.83. The van der Waals surface area contributed by atoms with Gasteiger partial charge < -0.3 is 20.5 Å². The lowest BCUT2D eigenvalue weighted by Gasteiger charge is -2.13. The normalized spacial score (nSPS) is 12.1. The van der Waals surface area contributed by atoms with E-state index in [1.807, 2.05) is 48.5 Å². The average Bonchev–Trinajstić information content (AvgIpc) is 2.58. The summed E-state index contributed by atoms with van der Waals surface area (Å²) in [5.74, 6) is 0.840. The summed E-state index contributed by atoms with van der Waals surface area (Å²) in [7, 11) is 0. The maximum Gasteiger partial charge on any atom is 0.124 e. The van der Waals surface area contributed by atoms with E-state index in [0.29, 0.717) is 24.7 Å². The van der Waals surface area contributed by atoms with Crippen LogP contribution in [0.3, 0.4) is 0 Å². The molecule has 0 radical (unpaired) electrons. The summed E-state index contributed by atoms with van der Waals surface area (Å²) in [6.07, 6.45) is -0.323. The van der Waals surface area contributed by atoms with Gasteiger partial charge in [0.1, 0.15) is 12.4 Å². The molecule has 0 amide bonds. The van der Waals surface area contributed by atoms with Gasteiger partial charge in [0.05, 0.1) is 6.10 Å². The molecular formula is C19H25ClN2O2. The molecule has 2 aromatic rings. The molecule has 4 nitrogen and oxygen atoms in total. The third kappa shape index (κ3) is 6.89. The molecule has 0 saturated carbocycles. The lowest BCUT2D eigenvalue weighted by molar-refractivity contribution is 0.191. The summed E-state index contributed by atoms with van der Waals surface area (Å²) in [4.78, 5) is 0. The highest BCUT2D eigenvalue weighted by Crippen LogP contribution is 2.23. The second-order valence-electron chi connectivity index (χ2n) is 5.76. The largest absolute Gasteiger partial charge is 0.489 e. The van der Waals surface area contributed by atoms with E-state index in [-0.39, 0.29) is 6.10 Å². The molecule has 0 spiro atoms. The molecule has 24 heavy (non-hydrogen) atoms. The maximum atomic E-state index is 9.19. The molecule has 2 rings (SSSR count). The molecule has 0 aromatic heterocycles. The van der Waals surface area contributed by atoms with Crippen LogP contribution in [0.2, 0.25) is 5.02 Å². The topological polar surface area (TPSA) is 53.5 Å². The Morgan fingerprint density at radius 2 is 1.83 bits per heavy atom. The molecule has 0 aliphatic rings. The average molecular weight is 349 g/mol. The molecule has 130 valence electrons. The van der Waals surface area contributed by atoms with Crippen molar-refractivity contribution in [2.45, 2.75) is 26.2 Å².